The van der Waals surface area contributed by atoms with Crippen LogP contribution in [-0.2, 0) is 14.3 Å². The Morgan fingerprint density at radius 3 is 2.65 bits per heavy atom. The third-order valence-electron chi connectivity index (χ3n) is 3.70. The van der Waals surface area contributed by atoms with Crippen LogP contribution < -0.4 is 5.32 Å². The molecule has 0 radical (unpaired) electrons. The Labute approximate surface area is 138 Å². The van der Waals surface area contributed by atoms with Crippen LogP contribution in [0.2, 0.25) is 0 Å². The van der Waals surface area contributed by atoms with Crippen molar-refractivity contribution in [2.45, 2.75) is 51.7 Å². The molecule has 0 bridgehead atoms. The third kappa shape index (κ3) is 6.30. The highest BCUT2D eigenvalue weighted by Gasteiger charge is 2.45. The first kappa shape index (κ1) is 19.0. The molecule has 1 N–H and O–H groups in total. The zero-order chi connectivity index (χ0) is 17.2. The van der Waals surface area contributed by atoms with Crippen molar-refractivity contribution >= 4 is 12.1 Å². The van der Waals surface area contributed by atoms with Crippen LogP contribution in [0.15, 0.2) is 37.0 Å². The van der Waals surface area contributed by atoms with Gasteiger partial charge in [-0.25, -0.2) is 9.59 Å². The van der Waals surface area contributed by atoms with Crippen LogP contribution in [0.4, 0.5) is 4.79 Å². The number of nitrogens with one attached hydrogen (secondary N) is 1. The highest BCUT2D eigenvalue weighted by atomic mass is 16.6. The maximum atomic E-state index is 11.7. The van der Waals surface area contributed by atoms with Crippen LogP contribution in [0, 0.1) is 5.92 Å². The minimum atomic E-state index is -0.582. The van der Waals surface area contributed by atoms with Crippen molar-refractivity contribution < 1.29 is 19.1 Å². The molecule has 5 heteroatoms. The van der Waals surface area contributed by atoms with Crippen LogP contribution >= 0.6 is 0 Å². The van der Waals surface area contributed by atoms with E-state index in [2.05, 4.69) is 18.5 Å². The molecule has 1 rings (SSSR count). The average Bonchev–Trinajstić information content (AvgIpc) is 2.52. The number of alkyl carbamates (subject to hydrolysis) is 1. The van der Waals surface area contributed by atoms with E-state index < -0.39 is 18.1 Å². The van der Waals surface area contributed by atoms with Crippen molar-refractivity contribution in [1.82, 2.24) is 5.32 Å². The van der Waals surface area contributed by atoms with Gasteiger partial charge in [0.15, 0.2) is 6.04 Å². The monoisotopic (exact) mass is 321 g/mol. The predicted octanol–water partition coefficient (Wildman–Crippen LogP) is 3.52. The molecule has 1 amide bonds. The van der Waals surface area contributed by atoms with Crippen LogP contribution in [0.3, 0.4) is 0 Å². The van der Waals surface area contributed by atoms with Gasteiger partial charge < -0.3 is 14.8 Å². The molecule has 0 aromatic heterocycles. The van der Waals surface area contributed by atoms with Gasteiger partial charge in [-0.1, -0.05) is 45.2 Å². The van der Waals surface area contributed by atoms with Crippen molar-refractivity contribution in [3.05, 3.63) is 37.0 Å². The molecule has 2 atom stereocenters. The second-order valence-electron chi connectivity index (χ2n) is 5.90. The van der Waals surface area contributed by atoms with Crippen molar-refractivity contribution in [3.63, 3.8) is 0 Å². The molecule has 1 fully saturated rings. The number of carbonyl (C=O) groups is 2. The fourth-order valence-electron chi connectivity index (χ4n) is 2.35. The van der Waals surface area contributed by atoms with Gasteiger partial charge in [-0.15, -0.1) is 0 Å². The van der Waals surface area contributed by atoms with Gasteiger partial charge in [-0.05, 0) is 37.2 Å². The number of esters is 1. The van der Waals surface area contributed by atoms with Gasteiger partial charge in [0.05, 0.1) is 6.61 Å². The predicted molar refractivity (Wildman–Crippen MR) is 89.9 cm³/mol. The van der Waals surface area contributed by atoms with Crippen LogP contribution in [0.5, 0.6) is 0 Å². The molecule has 0 aliphatic carbocycles. The van der Waals surface area contributed by atoms with Gasteiger partial charge in [-0.2, -0.15) is 0 Å². The summed E-state index contributed by atoms with van der Waals surface area (Å²) in [4.78, 5) is 23.0. The number of hydrogen-bond donors (Lipinski definition) is 1. The average molecular weight is 321 g/mol. The lowest BCUT2D eigenvalue weighted by Gasteiger charge is -2.37. The summed E-state index contributed by atoms with van der Waals surface area (Å²) in [7, 11) is 0. The fourth-order valence-corrected chi connectivity index (χ4v) is 2.35. The zero-order valence-corrected chi connectivity index (χ0v) is 14.0. The summed E-state index contributed by atoms with van der Waals surface area (Å²) in [6.45, 7) is 11.6. The summed E-state index contributed by atoms with van der Waals surface area (Å²) in [6.07, 6.45) is 8.38. The molecule has 1 saturated heterocycles. The second-order valence-corrected chi connectivity index (χ2v) is 5.90. The number of unbranched alkanes of at least 4 members (excludes halogenated alkanes) is 2. The Bertz CT molecular complexity index is 468. The van der Waals surface area contributed by atoms with Crippen molar-refractivity contribution in [2.75, 3.05) is 6.61 Å². The molecular formula is C18H27NO4. The van der Waals surface area contributed by atoms with Gasteiger partial charge in [0.1, 0.15) is 6.10 Å². The minimum Gasteiger partial charge on any atom is -0.458 e. The SMILES string of the molecule is C=C/C=C(\C=C)CCCCCOC(=O)N[C@H]1C(=O)O[C@H]1C(C)C. The van der Waals surface area contributed by atoms with E-state index in [-0.39, 0.29) is 12.0 Å². The van der Waals surface area contributed by atoms with Gasteiger partial charge in [-0.3, -0.25) is 0 Å². The number of carbonyl (C=O) groups excluding carboxylic acids is 2. The van der Waals surface area contributed by atoms with E-state index in [9.17, 15) is 9.59 Å². The van der Waals surface area contributed by atoms with E-state index in [1.165, 1.54) is 0 Å². The van der Waals surface area contributed by atoms with Crippen LogP contribution in [0.25, 0.3) is 0 Å². The highest BCUT2D eigenvalue weighted by Crippen LogP contribution is 2.22. The first-order chi connectivity index (χ1) is 11.0. The lowest BCUT2D eigenvalue weighted by Crippen LogP contribution is -2.61. The van der Waals surface area contributed by atoms with Gasteiger partial charge in [0, 0.05) is 0 Å². The van der Waals surface area contributed by atoms with E-state index in [1.807, 2.05) is 26.0 Å². The Balaban J connectivity index is 2.13. The molecular weight excluding hydrogens is 294 g/mol. The van der Waals surface area contributed by atoms with Gasteiger partial charge in [0.2, 0.25) is 0 Å². The quantitative estimate of drug-likeness (QED) is 0.380. The summed E-state index contributed by atoms with van der Waals surface area (Å²) in [6, 6.07) is -0.582. The number of allylic oxidation sites excluding steroid dienone is 4. The molecule has 1 aliphatic rings. The summed E-state index contributed by atoms with van der Waals surface area (Å²) in [5.74, 6) is -0.229. The smallest absolute Gasteiger partial charge is 0.407 e. The van der Waals surface area contributed by atoms with E-state index in [0.717, 1.165) is 31.3 Å². The second kappa shape index (κ2) is 9.87. The fraction of sp³-hybridized carbons (Fsp3) is 0.556. The molecule has 128 valence electrons. The lowest BCUT2D eigenvalue weighted by molar-refractivity contribution is -0.181. The largest absolute Gasteiger partial charge is 0.458 e. The molecule has 23 heavy (non-hydrogen) atoms. The van der Waals surface area contributed by atoms with Crippen molar-refractivity contribution in [3.8, 4) is 0 Å². The molecule has 0 spiro atoms. The minimum absolute atomic E-state index is 0.167. The first-order valence-corrected chi connectivity index (χ1v) is 8.07. The Morgan fingerprint density at radius 2 is 2.09 bits per heavy atom. The van der Waals surface area contributed by atoms with Crippen LogP contribution in [-0.4, -0.2) is 30.8 Å². The number of cyclic esters (lactones) is 1. The topological polar surface area (TPSA) is 64.6 Å². The van der Waals surface area contributed by atoms with Gasteiger partial charge >= 0.3 is 12.1 Å². The van der Waals surface area contributed by atoms with Gasteiger partial charge in [0.25, 0.3) is 0 Å². The molecule has 5 nitrogen and oxygen atoms in total. The maximum Gasteiger partial charge on any atom is 0.407 e. The van der Waals surface area contributed by atoms with E-state index >= 15 is 0 Å². The normalized spacial score (nSPS) is 20.5. The van der Waals surface area contributed by atoms with Crippen molar-refractivity contribution in [1.29, 1.82) is 0 Å². The van der Waals surface area contributed by atoms with E-state index in [1.54, 1.807) is 6.08 Å². The Kier molecular flexibility index (Phi) is 8.16. The number of amides is 1. The lowest BCUT2D eigenvalue weighted by atomic mass is 9.95. The van der Waals surface area contributed by atoms with E-state index in [0.29, 0.717) is 6.61 Å². The third-order valence-corrected chi connectivity index (χ3v) is 3.70. The molecule has 0 unspecified atom stereocenters. The number of hydrogen-bond acceptors (Lipinski definition) is 4. The standard InChI is InChI=1S/C18H27NO4/c1-5-10-14(6-2)11-8-7-9-12-22-18(21)19-15-16(13(3)4)23-17(15)20/h5-6,10,13,15-16H,1-2,7-9,11-12H2,3-4H3,(H,19,21)/b14-10+/t15-,16+/m1/s1. The molecule has 1 aliphatic heterocycles. The first-order valence-electron chi connectivity index (χ1n) is 8.07. The van der Waals surface area contributed by atoms with Crippen molar-refractivity contribution in [2.24, 2.45) is 5.92 Å². The molecule has 1 heterocycles. The summed E-state index contributed by atoms with van der Waals surface area (Å²) < 4.78 is 10.1. The zero-order valence-electron chi connectivity index (χ0n) is 14.0. The number of rotatable bonds is 10. The highest BCUT2D eigenvalue weighted by molar-refractivity contribution is 5.86. The molecule has 0 saturated carbocycles. The molecule has 0 aromatic rings. The summed E-state index contributed by atoms with van der Waals surface area (Å²) >= 11 is 0. The van der Waals surface area contributed by atoms with E-state index in [4.69, 9.17) is 9.47 Å². The maximum absolute atomic E-state index is 11.7. The number of ether oxygens (including phenoxy) is 2. The summed E-state index contributed by atoms with van der Waals surface area (Å²) in [5, 5.41) is 2.56. The Morgan fingerprint density at radius 1 is 1.35 bits per heavy atom. The van der Waals surface area contributed by atoms with Crippen LogP contribution in [0.1, 0.15) is 39.5 Å². The Hall–Kier alpha value is -2.04. The molecule has 0 aromatic carbocycles. The summed E-state index contributed by atoms with van der Waals surface area (Å²) in [5.41, 5.74) is 1.15.